The van der Waals surface area contributed by atoms with Gasteiger partial charge in [0.15, 0.2) is 0 Å². The van der Waals surface area contributed by atoms with E-state index in [1.165, 1.54) is 19.2 Å². The van der Waals surface area contributed by atoms with Crippen LogP contribution in [0.5, 0.6) is 0 Å². The third kappa shape index (κ3) is 4.93. The summed E-state index contributed by atoms with van der Waals surface area (Å²) in [4.78, 5) is 25.2. The van der Waals surface area contributed by atoms with Gasteiger partial charge in [-0.2, -0.15) is 4.98 Å². The van der Waals surface area contributed by atoms with Crippen LogP contribution in [-0.2, 0) is 9.63 Å². The number of nitrogens with zero attached hydrogens (tertiary/aromatic N) is 2. The summed E-state index contributed by atoms with van der Waals surface area (Å²) < 4.78 is 13.7. The van der Waals surface area contributed by atoms with Gasteiger partial charge in [0.05, 0.1) is 17.1 Å². The van der Waals surface area contributed by atoms with Gasteiger partial charge in [0.2, 0.25) is 5.95 Å². The van der Waals surface area contributed by atoms with E-state index in [0.29, 0.717) is 33.9 Å². The van der Waals surface area contributed by atoms with Crippen molar-refractivity contribution in [1.29, 1.82) is 0 Å². The first-order chi connectivity index (χ1) is 13.4. The van der Waals surface area contributed by atoms with Crippen molar-refractivity contribution in [3.05, 3.63) is 64.6 Å². The van der Waals surface area contributed by atoms with Crippen LogP contribution in [0.2, 0.25) is 0 Å². The Morgan fingerprint density at radius 1 is 1.32 bits per heavy atom. The second-order valence-corrected chi connectivity index (χ2v) is 7.25. The predicted octanol–water partition coefficient (Wildman–Crippen LogP) is 3.86. The Labute approximate surface area is 170 Å². The molecule has 0 saturated carbocycles. The highest BCUT2D eigenvalue weighted by atomic mass is 79.9. The number of amides is 1. The van der Waals surface area contributed by atoms with Crippen molar-refractivity contribution < 1.29 is 14.0 Å². The Balaban J connectivity index is 1.72. The summed E-state index contributed by atoms with van der Waals surface area (Å²) in [5, 5.41) is 6.40. The lowest BCUT2D eigenvalue weighted by Gasteiger charge is -2.29. The molecule has 0 radical (unpaired) electrons. The Kier molecular flexibility index (Phi) is 6.05. The number of rotatable bonds is 6. The van der Waals surface area contributed by atoms with Crippen LogP contribution >= 0.6 is 15.9 Å². The monoisotopic (exact) mass is 447 g/mol. The van der Waals surface area contributed by atoms with E-state index < -0.39 is 5.54 Å². The first kappa shape index (κ1) is 20.0. The van der Waals surface area contributed by atoms with Gasteiger partial charge in [0.1, 0.15) is 11.6 Å². The van der Waals surface area contributed by atoms with Gasteiger partial charge in [-0.3, -0.25) is 9.63 Å². The predicted molar refractivity (Wildman–Crippen MR) is 108 cm³/mol. The van der Waals surface area contributed by atoms with Crippen LogP contribution in [0.1, 0.15) is 13.3 Å². The maximum atomic E-state index is 13.1. The zero-order valence-electron chi connectivity index (χ0n) is 15.3. The minimum absolute atomic E-state index is 0.300. The minimum atomic E-state index is -0.460. The first-order valence-corrected chi connectivity index (χ1v) is 9.24. The molecule has 7 nitrogen and oxygen atoms in total. The van der Waals surface area contributed by atoms with Gasteiger partial charge in [-0.15, -0.1) is 0 Å². The summed E-state index contributed by atoms with van der Waals surface area (Å²) in [5.74, 6) is 0.353. The van der Waals surface area contributed by atoms with E-state index in [1.807, 2.05) is 19.1 Å². The van der Waals surface area contributed by atoms with Crippen molar-refractivity contribution in [1.82, 2.24) is 15.4 Å². The summed E-state index contributed by atoms with van der Waals surface area (Å²) in [6.45, 7) is 1.98. The molecule has 2 aromatic rings. The maximum Gasteiger partial charge on any atom is 0.274 e. The maximum absolute atomic E-state index is 13.1. The Hall–Kier alpha value is -2.78. The van der Waals surface area contributed by atoms with Crippen LogP contribution in [0, 0.1) is 5.82 Å². The van der Waals surface area contributed by atoms with E-state index in [9.17, 15) is 9.18 Å². The molecule has 9 heteroatoms. The number of benzene rings is 1. The van der Waals surface area contributed by atoms with Crippen molar-refractivity contribution in [3.8, 4) is 0 Å². The fourth-order valence-corrected chi connectivity index (χ4v) is 2.87. The van der Waals surface area contributed by atoms with Crippen LogP contribution in [0.15, 0.2) is 58.7 Å². The minimum Gasteiger partial charge on any atom is -0.345 e. The highest BCUT2D eigenvalue weighted by Gasteiger charge is 2.25. The average molecular weight is 448 g/mol. The van der Waals surface area contributed by atoms with Crippen molar-refractivity contribution in [3.63, 3.8) is 0 Å². The number of halogens is 2. The molecule has 1 unspecified atom stereocenters. The molecular weight excluding hydrogens is 429 g/mol. The molecule has 0 fully saturated rings. The van der Waals surface area contributed by atoms with Gasteiger partial charge in [0.25, 0.3) is 5.91 Å². The lowest BCUT2D eigenvalue weighted by molar-refractivity contribution is -0.127. The quantitative estimate of drug-likeness (QED) is 0.582. The lowest BCUT2D eigenvalue weighted by atomic mass is 9.90. The molecule has 1 aliphatic carbocycles. The number of nitrogens with one attached hydrogen (secondary N) is 3. The van der Waals surface area contributed by atoms with Crippen molar-refractivity contribution in [2.24, 2.45) is 0 Å². The van der Waals surface area contributed by atoms with Crippen molar-refractivity contribution >= 4 is 39.3 Å². The molecule has 0 bridgehead atoms. The molecule has 0 spiro atoms. The SMILES string of the molecule is CONC(=O)C1=CCC(C)(Nc2ncc(Br)c(Nc3ccc(F)cc3)n2)C=C1. The summed E-state index contributed by atoms with van der Waals surface area (Å²) in [6, 6.07) is 5.99. The molecule has 3 N–H and O–H groups in total. The topological polar surface area (TPSA) is 88.2 Å². The third-order valence-electron chi connectivity index (χ3n) is 4.08. The molecule has 3 rings (SSSR count). The number of carbonyl (C=O) groups excluding carboxylic acids is 1. The summed E-state index contributed by atoms with van der Waals surface area (Å²) in [5.41, 5.74) is 3.06. The second kappa shape index (κ2) is 8.49. The fourth-order valence-electron chi connectivity index (χ4n) is 2.58. The largest absolute Gasteiger partial charge is 0.345 e. The zero-order valence-corrected chi connectivity index (χ0v) is 16.9. The van der Waals surface area contributed by atoms with E-state index in [0.717, 1.165) is 0 Å². The zero-order chi connectivity index (χ0) is 20.1. The molecule has 1 heterocycles. The van der Waals surface area contributed by atoms with Gasteiger partial charge >= 0.3 is 0 Å². The number of hydrogen-bond acceptors (Lipinski definition) is 6. The molecule has 1 aliphatic rings. The molecule has 1 amide bonds. The van der Waals surface area contributed by atoms with E-state index in [2.05, 4.69) is 46.8 Å². The molecule has 1 aromatic carbocycles. The van der Waals surface area contributed by atoms with Crippen molar-refractivity contribution in [2.75, 3.05) is 17.7 Å². The fraction of sp³-hybridized carbons (Fsp3) is 0.211. The molecule has 146 valence electrons. The Bertz CT molecular complexity index is 932. The van der Waals surface area contributed by atoms with Gasteiger partial charge in [-0.05, 0) is 53.5 Å². The number of aromatic nitrogens is 2. The van der Waals surface area contributed by atoms with Crippen LogP contribution in [0.3, 0.4) is 0 Å². The van der Waals surface area contributed by atoms with Gasteiger partial charge in [-0.1, -0.05) is 18.2 Å². The molecule has 1 atom stereocenters. The standard InChI is InChI=1S/C19H19BrFN5O2/c1-19(9-7-12(8-10-19)17(27)26-28-2)25-18-22-11-15(20)16(24-18)23-14-5-3-13(21)4-6-14/h3-9,11H,10H2,1-2H3,(H,26,27)(H2,22,23,24,25). The van der Waals surface area contributed by atoms with Crippen LogP contribution in [-0.4, -0.2) is 28.5 Å². The second-order valence-electron chi connectivity index (χ2n) is 6.40. The normalized spacial score (nSPS) is 18.4. The average Bonchev–Trinajstić information content (AvgIpc) is 2.67. The van der Waals surface area contributed by atoms with E-state index in [1.54, 1.807) is 24.4 Å². The van der Waals surface area contributed by atoms with E-state index in [4.69, 9.17) is 0 Å². The molecular formula is C19H19BrFN5O2. The lowest BCUT2D eigenvalue weighted by Crippen LogP contribution is -2.35. The first-order valence-electron chi connectivity index (χ1n) is 8.44. The van der Waals surface area contributed by atoms with Crippen LogP contribution in [0.4, 0.5) is 21.8 Å². The van der Waals surface area contributed by atoms with Gasteiger partial charge < -0.3 is 10.6 Å². The number of hydrogen-bond donors (Lipinski definition) is 3. The third-order valence-corrected chi connectivity index (χ3v) is 4.66. The van der Waals surface area contributed by atoms with Crippen LogP contribution < -0.4 is 16.1 Å². The highest BCUT2D eigenvalue weighted by Crippen LogP contribution is 2.28. The Morgan fingerprint density at radius 2 is 2.07 bits per heavy atom. The van der Waals surface area contributed by atoms with Gasteiger partial charge in [-0.25, -0.2) is 14.9 Å². The smallest absolute Gasteiger partial charge is 0.274 e. The molecule has 1 aromatic heterocycles. The molecule has 28 heavy (non-hydrogen) atoms. The summed E-state index contributed by atoms with van der Waals surface area (Å²) >= 11 is 3.41. The number of hydroxylamine groups is 1. The van der Waals surface area contributed by atoms with Crippen LogP contribution in [0.25, 0.3) is 0 Å². The van der Waals surface area contributed by atoms with E-state index in [-0.39, 0.29) is 11.7 Å². The molecule has 0 saturated heterocycles. The number of carbonyl (C=O) groups is 1. The van der Waals surface area contributed by atoms with Gasteiger partial charge in [0, 0.05) is 17.5 Å². The van der Waals surface area contributed by atoms with E-state index >= 15 is 0 Å². The van der Waals surface area contributed by atoms with Crippen molar-refractivity contribution in [2.45, 2.75) is 18.9 Å². The Morgan fingerprint density at radius 3 is 2.71 bits per heavy atom. The number of anilines is 3. The molecule has 0 aliphatic heterocycles. The summed E-state index contributed by atoms with van der Waals surface area (Å²) in [7, 11) is 1.39. The highest BCUT2D eigenvalue weighted by molar-refractivity contribution is 9.10. The summed E-state index contributed by atoms with van der Waals surface area (Å²) in [6.07, 6.45) is 7.62.